The van der Waals surface area contributed by atoms with E-state index in [1.165, 1.54) is 31.2 Å². The number of hydrogen-bond donors (Lipinski definition) is 1. The average Bonchev–Trinajstić information content (AvgIpc) is 2.54. The zero-order valence-electron chi connectivity index (χ0n) is 13.0. The molecule has 0 aliphatic carbocycles. The third kappa shape index (κ3) is 4.61. The molecule has 0 saturated heterocycles. The highest BCUT2D eigenvalue weighted by Gasteiger charge is 2.17. The Morgan fingerprint density at radius 1 is 1.12 bits per heavy atom. The second-order valence-corrected chi connectivity index (χ2v) is 8.35. The summed E-state index contributed by atoms with van der Waals surface area (Å²) in [5.74, 6) is -0.0457. The largest absolute Gasteiger partial charge is 0.280 e. The maximum atomic E-state index is 12.3. The molecule has 0 fully saturated rings. The molecule has 0 spiro atoms. The van der Waals surface area contributed by atoms with Crippen molar-refractivity contribution < 1.29 is 13.2 Å². The Kier molecular flexibility index (Phi) is 6.11. The van der Waals surface area contributed by atoms with E-state index >= 15 is 0 Å². The van der Waals surface area contributed by atoms with Crippen molar-refractivity contribution >= 4 is 56.1 Å². The van der Waals surface area contributed by atoms with Gasteiger partial charge in [-0.3, -0.25) is 12.6 Å². The van der Waals surface area contributed by atoms with E-state index in [9.17, 15) is 13.2 Å². The topological polar surface area (TPSA) is 66.5 Å². The summed E-state index contributed by atoms with van der Waals surface area (Å²) in [6, 6.07) is 12.8. The lowest BCUT2D eigenvalue weighted by Gasteiger charge is -2.21. The minimum Gasteiger partial charge on any atom is -0.280 e. The maximum absolute atomic E-state index is 12.3. The Bertz CT molecular complexity index is 823. The molecule has 1 unspecified atom stereocenters. The lowest BCUT2D eigenvalue weighted by molar-refractivity contribution is -0.124. The Balaban J connectivity index is 2.16. The first-order valence-corrected chi connectivity index (χ1v) is 9.87. The van der Waals surface area contributed by atoms with Gasteiger partial charge in [-0.1, -0.05) is 23.7 Å². The molecule has 0 aromatic heterocycles. The first kappa shape index (κ1) is 19.0. The normalized spacial score (nSPS) is 12.5. The number of amides is 1. The number of carbonyl (C=O) groups is 1. The summed E-state index contributed by atoms with van der Waals surface area (Å²) in [6.07, 6.45) is 0. The molecular weight excluding hydrogens is 463 g/mol. The van der Waals surface area contributed by atoms with E-state index in [2.05, 4.69) is 4.72 Å². The minimum atomic E-state index is -3.67. The first-order chi connectivity index (χ1) is 11.2. The van der Waals surface area contributed by atoms with Gasteiger partial charge >= 0.3 is 0 Å². The van der Waals surface area contributed by atoms with Crippen LogP contribution >= 0.6 is 34.5 Å². The van der Waals surface area contributed by atoms with Gasteiger partial charge in [-0.25, -0.2) is 8.42 Å². The number of carbonyl (C=O) groups excluding carboxylic acids is 1. The van der Waals surface area contributed by atoms with Crippen molar-refractivity contribution in [2.24, 2.45) is 0 Å². The third-order valence-corrected chi connectivity index (χ3v) is 6.57. The van der Waals surface area contributed by atoms with Crippen LogP contribution < -0.4 is 4.72 Å². The molecule has 8 heteroatoms. The zero-order valence-corrected chi connectivity index (χ0v) is 16.8. The molecule has 1 amide bonds. The van der Waals surface area contributed by atoms with E-state index in [4.69, 9.17) is 11.6 Å². The molecule has 2 aromatic carbocycles. The number of rotatable bonds is 5. The molecule has 2 rings (SSSR count). The Labute approximate surface area is 160 Å². The second kappa shape index (κ2) is 7.71. The monoisotopic (exact) mass is 478 g/mol. The Morgan fingerprint density at radius 2 is 1.67 bits per heavy atom. The second-order valence-electron chi connectivity index (χ2n) is 5.19. The van der Waals surface area contributed by atoms with Crippen molar-refractivity contribution in [3.05, 3.63) is 59.1 Å². The van der Waals surface area contributed by atoms with Crippen molar-refractivity contribution in [2.45, 2.75) is 24.8 Å². The predicted molar refractivity (Wildman–Crippen MR) is 104 cm³/mol. The molecule has 24 heavy (non-hydrogen) atoms. The van der Waals surface area contributed by atoms with E-state index in [1.807, 2.05) is 29.8 Å². The molecule has 128 valence electrons. The molecule has 0 bridgehead atoms. The molecule has 2 aromatic rings. The van der Waals surface area contributed by atoms with E-state index in [0.29, 0.717) is 10.7 Å². The van der Waals surface area contributed by atoms with Crippen molar-refractivity contribution in [1.29, 1.82) is 0 Å². The highest BCUT2D eigenvalue weighted by Crippen LogP contribution is 2.26. The van der Waals surface area contributed by atoms with Gasteiger partial charge in [0.15, 0.2) is 0 Å². The van der Waals surface area contributed by atoms with Crippen LogP contribution in [-0.4, -0.2) is 17.4 Å². The van der Waals surface area contributed by atoms with Crippen LogP contribution in [0.4, 0.5) is 5.69 Å². The fraction of sp³-hybridized carbons (Fsp3) is 0.188. The average molecular weight is 479 g/mol. The Hall–Kier alpha value is -1.32. The molecule has 0 radical (unpaired) electrons. The summed E-state index contributed by atoms with van der Waals surface area (Å²) >= 11 is 7.74. The molecular formula is C16H16ClIN2O3S. The molecule has 1 N–H and O–H groups in total. The fourth-order valence-corrected chi connectivity index (χ4v) is 3.57. The Morgan fingerprint density at radius 3 is 2.17 bits per heavy atom. The highest BCUT2D eigenvalue weighted by molar-refractivity contribution is 14.1. The quantitative estimate of drug-likeness (QED) is 0.512. The van der Waals surface area contributed by atoms with Gasteiger partial charge in [-0.2, -0.15) is 0 Å². The standard InChI is InChI=1S/C16H16ClIN2O3S/c1-11(20(18)12(2)21)13-3-7-15(8-4-13)19-24(22,23)16-9-5-14(17)6-10-16/h3-11,19H,1-2H3. The van der Waals surface area contributed by atoms with E-state index in [1.54, 1.807) is 27.4 Å². The first-order valence-electron chi connectivity index (χ1n) is 7.04. The molecule has 5 nitrogen and oxygen atoms in total. The van der Waals surface area contributed by atoms with Crippen LogP contribution in [0, 0.1) is 0 Å². The van der Waals surface area contributed by atoms with Gasteiger partial charge in [-0.15, -0.1) is 0 Å². The van der Waals surface area contributed by atoms with Crippen LogP contribution in [0.5, 0.6) is 0 Å². The van der Waals surface area contributed by atoms with Crippen LogP contribution in [0.3, 0.4) is 0 Å². The van der Waals surface area contributed by atoms with Gasteiger partial charge < -0.3 is 0 Å². The minimum absolute atomic E-state index is 0.0457. The lowest BCUT2D eigenvalue weighted by Crippen LogP contribution is -2.21. The van der Waals surface area contributed by atoms with E-state index in [-0.39, 0.29) is 16.8 Å². The van der Waals surface area contributed by atoms with Gasteiger partial charge in [0.2, 0.25) is 5.91 Å². The summed E-state index contributed by atoms with van der Waals surface area (Å²) in [7, 11) is -3.67. The molecule has 0 saturated carbocycles. The molecule has 0 aliphatic rings. The summed E-state index contributed by atoms with van der Waals surface area (Å²) < 4.78 is 28.7. The van der Waals surface area contributed by atoms with Gasteiger partial charge in [0, 0.05) is 17.6 Å². The summed E-state index contributed by atoms with van der Waals surface area (Å²) in [5, 5.41) is 0.473. The number of nitrogens with zero attached hydrogens (tertiary/aromatic N) is 1. The van der Waals surface area contributed by atoms with E-state index in [0.717, 1.165) is 5.56 Å². The summed E-state index contributed by atoms with van der Waals surface area (Å²) in [4.78, 5) is 11.5. The number of sulfonamides is 1. The number of benzene rings is 2. The van der Waals surface area contributed by atoms with Crippen molar-refractivity contribution in [3.8, 4) is 0 Å². The van der Waals surface area contributed by atoms with Crippen LogP contribution in [0.2, 0.25) is 5.02 Å². The van der Waals surface area contributed by atoms with Crippen LogP contribution in [-0.2, 0) is 14.8 Å². The zero-order chi connectivity index (χ0) is 17.9. The molecule has 0 heterocycles. The van der Waals surface area contributed by atoms with Gasteiger partial charge in [0.1, 0.15) is 0 Å². The van der Waals surface area contributed by atoms with Crippen molar-refractivity contribution in [3.63, 3.8) is 0 Å². The number of anilines is 1. The summed E-state index contributed by atoms with van der Waals surface area (Å²) in [5.41, 5.74) is 1.36. The smallest absolute Gasteiger partial charge is 0.261 e. The van der Waals surface area contributed by atoms with Crippen molar-refractivity contribution in [1.82, 2.24) is 3.11 Å². The predicted octanol–water partition coefficient (Wildman–Crippen LogP) is 4.40. The lowest BCUT2D eigenvalue weighted by atomic mass is 10.1. The van der Waals surface area contributed by atoms with Crippen LogP contribution in [0.25, 0.3) is 0 Å². The summed E-state index contributed by atoms with van der Waals surface area (Å²) in [6.45, 7) is 3.40. The van der Waals surface area contributed by atoms with Gasteiger partial charge in [0.25, 0.3) is 10.0 Å². The van der Waals surface area contributed by atoms with Gasteiger partial charge in [0.05, 0.1) is 33.8 Å². The number of halogens is 2. The number of nitrogens with one attached hydrogen (secondary N) is 1. The van der Waals surface area contributed by atoms with Crippen molar-refractivity contribution in [2.75, 3.05) is 4.72 Å². The molecule has 0 aliphatic heterocycles. The highest BCUT2D eigenvalue weighted by atomic mass is 127. The number of hydrogen-bond acceptors (Lipinski definition) is 3. The van der Waals surface area contributed by atoms with Gasteiger partial charge in [-0.05, 0) is 48.9 Å². The van der Waals surface area contributed by atoms with E-state index < -0.39 is 10.0 Å². The maximum Gasteiger partial charge on any atom is 0.261 e. The van der Waals surface area contributed by atoms with Crippen LogP contribution in [0.1, 0.15) is 25.5 Å². The third-order valence-electron chi connectivity index (χ3n) is 3.41. The van der Waals surface area contributed by atoms with Crippen LogP contribution in [0.15, 0.2) is 53.4 Å². The fourth-order valence-electron chi connectivity index (χ4n) is 2.06. The molecule has 1 atom stereocenters. The SMILES string of the molecule is CC(=O)N(I)C(C)c1ccc(NS(=O)(=O)c2ccc(Cl)cc2)cc1.